The van der Waals surface area contributed by atoms with Crippen molar-refractivity contribution >= 4 is 50.9 Å². The molecule has 124 valence electrons. The van der Waals surface area contributed by atoms with Gasteiger partial charge in [-0.2, -0.15) is 0 Å². The molecule has 0 fully saturated rings. The number of aliphatic carboxylic acids is 1. The summed E-state index contributed by atoms with van der Waals surface area (Å²) in [5.41, 5.74) is 0.723. The van der Waals surface area contributed by atoms with E-state index in [0.717, 1.165) is 5.56 Å². The molecule has 0 bridgehead atoms. The molecular weight excluding hydrogens is 342 g/mol. The lowest BCUT2D eigenvalue weighted by Crippen LogP contribution is -2.07. The molecule has 2 aromatic rings. The summed E-state index contributed by atoms with van der Waals surface area (Å²) in [7, 11) is 0. The zero-order chi connectivity index (χ0) is 17.0. The molecule has 23 heavy (non-hydrogen) atoms. The van der Waals surface area contributed by atoms with Crippen molar-refractivity contribution in [2.75, 3.05) is 18.5 Å². The Bertz CT molecular complexity index is 747. The van der Waals surface area contributed by atoms with Gasteiger partial charge in [0.05, 0.1) is 12.0 Å². The maximum Gasteiger partial charge on any atom is 0.348 e. The fourth-order valence-corrected chi connectivity index (χ4v) is 3.37. The molecule has 0 atom stereocenters. The van der Waals surface area contributed by atoms with Crippen LogP contribution in [0.1, 0.15) is 35.0 Å². The van der Waals surface area contributed by atoms with Gasteiger partial charge in [-0.15, -0.1) is 11.3 Å². The second-order valence-electron chi connectivity index (χ2n) is 4.72. The van der Waals surface area contributed by atoms with Gasteiger partial charge in [-0.3, -0.25) is 4.79 Å². The number of hydrogen-bond donors (Lipinski definition) is 2. The third-order valence-corrected chi connectivity index (χ3v) is 4.42. The maximum atomic E-state index is 12.0. The van der Waals surface area contributed by atoms with Crippen molar-refractivity contribution < 1.29 is 19.4 Å². The molecule has 0 radical (unpaired) electrons. The van der Waals surface area contributed by atoms with Crippen molar-refractivity contribution in [3.05, 3.63) is 15.7 Å². The van der Waals surface area contributed by atoms with Crippen LogP contribution in [0.15, 0.2) is 0 Å². The topological polar surface area (TPSA) is 101 Å². The number of carbonyl (C=O) groups excluding carboxylic acids is 1. The summed E-state index contributed by atoms with van der Waals surface area (Å²) in [6, 6.07) is 0. The molecule has 0 saturated carbocycles. The first-order valence-corrected chi connectivity index (χ1v) is 8.22. The molecule has 0 amide bonds. The maximum absolute atomic E-state index is 12.0. The van der Waals surface area contributed by atoms with Crippen molar-refractivity contribution in [2.45, 2.75) is 26.7 Å². The molecule has 7 nitrogen and oxygen atoms in total. The summed E-state index contributed by atoms with van der Waals surface area (Å²) in [4.78, 5) is 31.9. The van der Waals surface area contributed by atoms with Gasteiger partial charge in [-0.1, -0.05) is 0 Å². The Morgan fingerprint density at radius 3 is 2.78 bits per heavy atom. The lowest BCUT2D eigenvalue weighted by molar-refractivity contribution is -0.137. The second-order valence-corrected chi connectivity index (χ2v) is 6.06. The summed E-state index contributed by atoms with van der Waals surface area (Å²) in [6.07, 6.45) is 0.512. The normalized spacial score (nSPS) is 10.7. The number of carboxylic acid groups (broad SMARTS) is 1. The van der Waals surface area contributed by atoms with E-state index >= 15 is 0 Å². The van der Waals surface area contributed by atoms with Gasteiger partial charge in [0.15, 0.2) is 0 Å². The van der Waals surface area contributed by atoms with Gasteiger partial charge in [0.2, 0.25) is 5.28 Å². The molecule has 2 rings (SSSR count). The first-order chi connectivity index (χ1) is 10.9. The van der Waals surface area contributed by atoms with Crippen molar-refractivity contribution in [3.8, 4) is 0 Å². The first kappa shape index (κ1) is 17.4. The van der Waals surface area contributed by atoms with Gasteiger partial charge in [-0.05, 0) is 37.4 Å². The van der Waals surface area contributed by atoms with E-state index in [0.29, 0.717) is 40.5 Å². The number of esters is 1. The molecule has 2 N–H and O–H groups in total. The number of carbonyl (C=O) groups is 2. The Kier molecular flexibility index (Phi) is 5.73. The number of rotatable bonds is 7. The molecule has 2 aromatic heterocycles. The van der Waals surface area contributed by atoms with Crippen molar-refractivity contribution in [3.63, 3.8) is 0 Å². The van der Waals surface area contributed by atoms with E-state index in [1.807, 2.05) is 0 Å². The number of aryl methyl sites for hydroxylation is 1. The fourth-order valence-electron chi connectivity index (χ4n) is 2.08. The number of fused-ring (bicyclic) bond motifs is 1. The minimum absolute atomic E-state index is 0.0612. The van der Waals surface area contributed by atoms with Gasteiger partial charge in [-0.25, -0.2) is 14.8 Å². The Morgan fingerprint density at radius 1 is 1.39 bits per heavy atom. The number of thiophene rings is 1. The SMILES string of the molecule is CCOC(=O)c1sc2nc(Cl)nc(NCCCC(=O)O)c2c1C. The molecule has 0 aliphatic rings. The predicted molar refractivity (Wildman–Crippen MR) is 88.5 cm³/mol. The highest BCUT2D eigenvalue weighted by Crippen LogP contribution is 2.35. The molecule has 0 saturated heterocycles. The van der Waals surface area contributed by atoms with Gasteiger partial charge < -0.3 is 15.2 Å². The number of nitrogens with zero attached hydrogens (tertiary/aromatic N) is 2. The van der Waals surface area contributed by atoms with Gasteiger partial charge >= 0.3 is 11.9 Å². The Balaban J connectivity index is 2.32. The minimum Gasteiger partial charge on any atom is -0.481 e. The van der Waals surface area contributed by atoms with E-state index < -0.39 is 11.9 Å². The van der Waals surface area contributed by atoms with Crippen LogP contribution in [-0.2, 0) is 9.53 Å². The molecule has 0 aliphatic heterocycles. The van der Waals surface area contributed by atoms with Crippen LogP contribution in [0.25, 0.3) is 10.2 Å². The van der Waals surface area contributed by atoms with E-state index in [4.69, 9.17) is 21.4 Å². The molecular formula is C14H16ClN3O4S. The van der Waals surface area contributed by atoms with E-state index in [1.54, 1.807) is 13.8 Å². The highest BCUT2D eigenvalue weighted by atomic mass is 35.5. The minimum atomic E-state index is -0.853. The van der Waals surface area contributed by atoms with E-state index in [-0.39, 0.29) is 11.7 Å². The summed E-state index contributed by atoms with van der Waals surface area (Å²) >= 11 is 7.12. The molecule has 0 spiro atoms. The van der Waals surface area contributed by atoms with Crippen LogP contribution in [0.5, 0.6) is 0 Å². The summed E-state index contributed by atoms with van der Waals surface area (Å²) < 4.78 is 5.04. The highest BCUT2D eigenvalue weighted by Gasteiger charge is 2.21. The average Bonchev–Trinajstić information content (AvgIpc) is 2.80. The quantitative estimate of drug-likeness (QED) is 0.446. The summed E-state index contributed by atoms with van der Waals surface area (Å²) in [5, 5.41) is 12.5. The lowest BCUT2D eigenvalue weighted by Gasteiger charge is -2.07. The van der Waals surface area contributed by atoms with Gasteiger partial charge in [0.1, 0.15) is 15.5 Å². The van der Waals surface area contributed by atoms with Crippen LogP contribution in [0.3, 0.4) is 0 Å². The van der Waals surface area contributed by atoms with Crippen LogP contribution in [0.2, 0.25) is 5.28 Å². The Morgan fingerprint density at radius 2 is 2.13 bits per heavy atom. The fraction of sp³-hybridized carbons (Fsp3) is 0.429. The Hall–Kier alpha value is -1.93. The highest BCUT2D eigenvalue weighted by molar-refractivity contribution is 7.20. The molecule has 0 aliphatic carbocycles. The number of aromatic nitrogens is 2. The van der Waals surface area contributed by atoms with Crippen LogP contribution in [-0.4, -0.2) is 40.2 Å². The zero-order valence-electron chi connectivity index (χ0n) is 12.7. The second kappa shape index (κ2) is 7.56. The zero-order valence-corrected chi connectivity index (χ0v) is 14.3. The van der Waals surface area contributed by atoms with Crippen molar-refractivity contribution in [1.82, 2.24) is 9.97 Å². The third kappa shape index (κ3) is 4.08. The monoisotopic (exact) mass is 357 g/mol. The molecule has 2 heterocycles. The number of hydrogen-bond acceptors (Lipinski definition) is 7. The number of anilines is 1. The number of halogens is 1. The van der Waals surface area contributed by atoms with Crippen molar-refractivity contribution in [2.24, 2.45) is 0 Å². The van der Waals surface area contributed by atoms with E-state index in [9.17, 15) is 9.59 Å². The molecule has 0 aromatic carbocycles. The molecule has 9 heteroatoms. The number of ether oxygens (including phenoxy) is 1. The largest absolute Gasteiger partial charge is 0.481 e. The number of carboxylic acids is 1. The van der Waals surface area contributed by atoms with Crippen LogP contribution < -0.4 is 5.32 Å². The first-order valence-electron chi connectivity index (χ1n) is 7.03. The van der Waals surface area contributed by atoms with Crippen molar-refractivity contribution in [1.29, 1.82) is 0 Å². The summed E-state index contributed by atoms with van der Waals surface area (Å²) in [6.45, 7) is 4.26. The van der Waals surface area contributed by atoms with Crippen LogP contribution >= 0.6 is 22.9 Å². The smallest absolute Gasteiger partial charge is 0.348 e. The van der Waals surface area contributed by atoms with Crippen LogP contribution in [0.4, 0.5) is 5.82 Å². The molecule has 0 unspecified atom stereocenters. The lowest BCUT2D eigenvalue weighted by atomic mass is 10.2. The number of nitrogens with one attached hydrogen (secondary N) is 1. The van der Waals surface area contributed by atoms with Crippen LogP contribution in [0, 0.1) is 6.92 Å². The van der Waals surface area contributed by atoms with E-state index in [1.165, 1.54) is 11.3 Å². The standard InChI is InChI=1S/C14H16ClN3O4S/c1-3-22-13(21)10-7(2)9-11(16-6-4-5-8(19)20)17-14(15)18-12(9)23-10/h3-6H2,1-2H3,(H,19,20)(H,16,17,18). The summed E-state index contributed by atoms with van der Waals surface area (Å²) in [5.74, 6) is -0.760. The van der Waals surface area contributed by atoms with E-state index in [2.05, 4.69) is 15.3 Å². The Labute approximate surface area is 141 Å². The predicted octanol–water partition coefficient (Wildman–Crippen LogP) is 3.11. The average molecular weight is 358 g/mol. The van der Waals surface area contributed by atoms with Gasteiger partial charge in [0.25, 0.3) is 0 Å². The van der Waals surface area contributed by atoms with Gasteiger partial charge in [0, 0.05) is 13.0 Å². The third-order valence-electron chi connectivity index (χ3n) is 3.08.